The van der Waals surface area contributed by atoms with Gasteiger partial charge in [0, 0.05) is 55.1 Å². The fourth-order valence-corrected chi connectivity index (χ4v) is 9.44. The number of para-hydroxylation sites is 6. The highest BCUT2D eigenvalue weighted by molar-refractivity contribution is 6.13. The zero-order chi connectivity index (χ0) is 38.5. The molecule has 58 heavy (non-hydrogen) atoms. The second-order valence-electron chi connectivity index (χ2n) is 15.0. The fourth-order valence-electron chi connectivity index (χ4n) is 9.44. The zero-order valence-corrected chi connectivity index (χ0v) is 31.4. The van der Waals surface area contributed by atoms with E-state index in [-0.39, 0.29) is 0 Å². The highest BCUT2D eigenvalue weighted by Crippen LogP contribution is 2.47. The van der Waals surface area contributed by atoms with E-state index in [1.165, 1.54) is 10.8 Å². The molecular formula is C52H36N6. The molecule has 6 heteroatoms. The van der Waals surface area contributed by atoms with E-state index < -0.39 is 0 Å². The van der Waals surface area contributed by atoms with Crippen LogP contribution in [0.1, 0.15) is 0 Å². The third-order valence-corrected chi connectivity index (χ3v) is 11.9. The van der Waals surface area contributed by atoms with Gasteiger partial charge in [-0.1, -0.05) is 109 Å². The lowest BCUT2D eigenvalue weighted by atomic mass is 10.1. The maximum atomic E-state index is 7.37. The number of anilines is 2. The molecule has 0 radical (unpaired) electrons. The molecule has 4 aromatic heterocycles. The lowest BCUT2D eigenvalue weighted by Gasteiger charge is -2.17. The molecule has 0 fully saturated rings. The monoisotopic (exact) mass is 744 g/mol. The predicted molar refractivity (Wildman–Crippen MR) is 243 cm³/mol. The van der Waals surface area contributed by atoms with Crippen molar-refractivity contribution in [1.29, 1.82) is 0 Å². The number of hydrogen-bond donors (Lipinski definition) is 2. The molecule has 12 aromatic rings. The van der Waals surface area contributed by atoms with Crippen LogP contribution in [0.4, 0.5) is 11.4 Å². The Kier molecular flexibility index (Phi) is 6.83. The Balaban J connectivity index is 1.15. The maximum Gasteiger partial charge on any atom is 0.0964 e. The van der Waals surface area contributed by atoms with Crippen molar-refractivity contribution in [3.05, 3.63) is 194 Å². The molecule has 0 spiro atoms. The Morgan fingerprint density at radius 2 is 0.552 bits per heavy atom. The summed E-state index contributed by atoms with van der Waals surface area (Å²) in [5.41, 5.74) is 28.7. The third-order valence-electron chi connectivity index (χ3n) is 11.9. The first-order valence-corrected chi connectivity index (χ1v) is 19.6. The quantitative estimate of drug-likeness (QED) is 0.184. The Morgan fingerprint density at radius 1 is 0.241 bits per heavy atom. The average molecular weight is 745 g/mol. The van der Waals surface area contributed by atoms with Crippen LogP contribution in [-0.4, -0.2) is 18.3 Å². The van der Waals surface area contributed by atoms with Gasteiger partial charge in [-0.15, -0.1) is 0 Å². The standard InChI is InChI=1S/C52H36N6/c53-49-39-21-9-13-25-45(39)57(35-27-29-47-41(31-35)37-19-7-11-23-43(37)55(47)33-15-3-1-4-16-33)51(49)52-50(54)40-22-10-14-26-46(40)58(52)36-28-30-48-42(32-36)38-20-8-12-24-44(38)56(48)34-17-5-2-6-18-34/h1-32H,53-54H2. The minimum absolute atomic E-state index is 0.680. The number of benzene rings is 8. The van der Waals surface area contributed by atoms with E-state index >= 15 is 0 Å². The highest BCUT2D eigenvalue weighted by Gasteiger charge is 2.27. The third kappa shape index (κ3) is 4.48. The average Bonchev–Trinajstić information content (AvgIpc) is 3.98. The van der Waals surface area contributed by atoms with Gasteiger partial charge in [0.1, 0.15) is 0 Å². The van der Waals surface area contributed by atoms with Gasteiger partial charge in [-0.3, -0.25) is 0 Å². The summed E-state index contributed by atoms with van der Waals surface area (Å²) in [6, 6.07) is 68.7. The van der Waals surface area contributed by atoms with Crippen LogP contribution in [-0.2, 0) is 0 Å². The number of aromatic nitrogens is 4. The van der Waals surface area contributed by atoms with Crippen LogP contribution in [0.15, 0.2) is 194 Å². The van der Waals surface area contributed by atoms with Crippen LogP contribution in [0, 0.1) is 0 Å². The molecule has 4 heterocycles. The first-order chi connectivity index (χ1) is 28.7. The van der Waals surface area contributed by atoms with Crippen molar-refractivity contribution in [1.82, 2.24) is 18.3 Å². The number of nitrogen functional groups attached to an aromatic ring is 2. The molecule has 0 amide bonds. The molecule has 0 bridgehead atoms. The molecule has 4 N–H and O–H groups in total. The number of hydrogen-bond acceptors (Lipinski definition) is 2. The van der Waals surface area contributed by atoms with Crippen molar-refractivity contribution < 1.29 is 0 Å². The summed E-state index contributed by atoms with van der Waals surface area (Å²) in [6.07, 6.45) is 0. The largest absolute Gasteiger partial charge is 0.396 e. The molecule has 0 saturated carbocycles. The van der Waals surface area contributed by atoms with Gasteiger partial charge in [-0.2, -0.15) is 0 Å². The minimum atomic E-state index is 0.680. The van der Waals surface area contributed by atoms with Gasteiger partial charge in [0.05, 0.1) is 55.9 Å². The molecule has 0 aliphatic carbocycles. The Bertz CT molecular complexity index is 3340. The topological polar surface area (TPSA) is 71.8 Å². The smallest absolute Gasteiger partial charge is 0.0964 e. The summed E-state index contributed by atoms with van der Waals surface area (Å²) in [5, 5.41) is 6.64. The van der Waals surface area contributed by atoms with Gasteiger partial charge >= 0.3 is 0 Å². The molecule has 0 unspecified atom stereocenters. The van der Waals surface area contributed by atoms with Crippen LogP contribution in [0.5, 0.6) is 0 Å². The van der Waals surface area contributed by atoms with Crippen molar-refractivity contribution in [3.63, 3.8) is 0 Å². The number of rotatable bonds is 5. The van der Waals surface area contributed by atoms with Gasteiger partial charge in [0.2, 0.25) is 0 Å². The normalized spacial score (nSPS) is 11.9. The SMILES string of the molecule is Nc1c(-c2c(N)c3ccccc3n2-c2ccc3c(c2)c2ccccc2n3-c2ccccc2)n(-c2ccc3c(c2)c2ccccc2n3-c2ccccc2)c2ccccc12. The van der Waals surface area contributed by atoms with E-state index in [2.05, 4.69) is 212 Å². The van der Waals surface area contributed by atoms with E-state index in [1.807, 2.05) is 0 Å². The highest BCUT2D eigenvalue weighted by atomic mass is 15.1. The Hall–Kier alpha value is -7.96. The molecule has 274 valence electrons. The number of fused-ring (bicyclic) bond motifs is 8. The second-order valence-corrected chi connectivity index (χ2v) is 15.0. The Morgan fingerprint density at radius 3 is 0.948 bits per heavy atom. The van der Waals surface area contributed by atoms with Gasteiger partial charge in [0.25, 0.3) is 0 Å². The van der Waals surface area contributed by atoms with E-state index in [1.54, 1.807) is 0 Å². The molecule has 0 atom stereocenters. The molecule has 8 aromatic carbocycles. The Labute approximate surface area is 333 Å². The van der Waals surface area contributed by atoms with Crippen LogP contribution >= 0.6 is 0 Å². The predicted octanol–water partition coefficient (Wildman–Crippen LogP) is 12.6. The van der Waals surface area contributed by atoms with E-state index in [0.29, 0.717) is 11.4 Å². The molecule has 0 aliphatic heterocycles. The fraction of sp³-hybridized carbons (Fsp3) is 0. The molecular weight excluding hydrogens is 709 g/mol. The van der Waals surface area contributed by atoms with Gasteiger partial charge in [0.15, 0.2) is 0 Å². The maximum absolute atomic E-state index is 7.37. The minimum Gasteiger partial charge on any atom is -0.396 e. The van der Waals surface area contributed by atoms with Crippen molar-refractivity contribution >= 4 is 76.8 Å². The summed E-state index contributed by atoms with van der Waals surface area (Å²) in [4.78, 5) is 0. The summed E-state index contributed by atoms with van der Waals surface area (Å²) in [6.45, 7) is 0. The molecule has 12 rings (SSSR count). The molecule has 0 saturated heterocycles. The van der Waals surface area contributed by atoms with Crippen LogP contribution in [0.3, 0.4) is 0 Å². The molecule has 6 nitrogen and oxygen atoms in total. The zero-order valence-electron chi connectivity index (χ0n) is 31.4. The first kappa shape index (κ1) is 32.3. The van der Waals surface area contributed by atoms with Crippen LogP contribution < -0.4 is 11.5 Å². The van der Waals surface area contributed by atoms with E-state index in [4.69, 9.17) is 11.5 Å². The molecule has 0 aliphatic rings. The summed E-state index contributed by atoms with van der Waals surface area (Å²) in [5.74, 6) is 0. The first-order valence-electron chi connectivity index (χ1n) is 19.6. The van der Waals surface area contributed by atoms with Crippen molar-refractivity contribution in [2.75, 3.05) is 11.5 Å². The van der Waals surface area contributed by atoms with Crippen molar-refractivity contribution in [3.8, 4) is 34.1 Å². The van der Waals surface area contributed by atoms with Crippen LogP contribution in [0.25, 0.3) is 99.6 Å². The summed E-state index contributed by atoms with van der Waals surface area (Å²) >= 11 is 0. The number of nitrogens with zero attached hydrogens (tertiary/aromatic N) is 4. The van der Waals surface area contributed by atoms with Gasteiger partial charge in [-0.25, -0.2) is 0 Å². The van der Waals surface area contributed by atoms with Crippen LogP contribution in [0.2, 0.25) is 0 Å². The summed E-state index contributed by atoms with van der Waals surface area (Å²) < 4.78 is 9.30. The van der Waals surface area contributed by atoms with Gasteiger partial charge in [-0.05, 0) is 84.9 Å². The van der Waals surface area contributed by atoms with Crippen molar-refractivity contribution in [2.24, 2.45) is 0 Å². The number of nitrogens with two attached hydrogens (primary N) is 2. The van der Waals surface area contributed by atoms with Gasteiger partial charge < -0.3 is 29.7 Å². The lowest BCUT2D eigenvalue weighted by Crippen LogP contribution is -2.05. The summed E-state index contributed by atoms with van der Waals surface area (Å²) in [7, 11) is 0. The second kappa shape index (κ2) is 12.3. The van der Waals surface area contributed by atoms with Crippen molar-refractivity contribution in [2.45, 2.75) is 0 Å². The van der Waals surface area contributed by atoms with E-state index in [0.717, 1.165) is 88.8 Å². The van der Waals surface area contributed by atoms with E-state index in [9.17, 15) is 0 Å². The lowest BCUT2D eigenvalue weighted by molar-refractivity contribution is 1.08.